The first kappa shape index (κ1) is 11.8. The number of anilines is 1. The van der Waals surface area contributed by atoms with Gasteiger partial charge in [-0.15, -0.1) is 0 Å². The third-order valence-corrected chi connectivity index (χ3v) is 3.04. The van der Waals surface area contributed by atoms with E-state index in [-0.39, 0.29) is 12.3 Å². The fraction of sp³-hybridized carbons (Fsp3) is 0.364. The van der Waals surface area contributed by atoms with Crippen molar-refractivity contribution >= 4 is 11.7 Å². The van der Waals surface area contributed by atoms with Crippen LogP contribution in [0.1, 0.15) is 17.9 Å². The Morgan fingerprint density at radius 3 is 2.88 bits per heavy atom. The van der Waals surface area contributed by atoms with Crippen LogP contribution in [0.3, 0.4) is 0 Å². The summed E-state index contributed by atoms with van der Waals surface area (Å²) in [6, 6.07) is 6.59. The Morgan fingerprint density at radius 2 is 2.24 bits per heavy atom. The highest BCUT2D eigenvalue weighted by Crippen LogP contribution is 2.37. The second kappa shape index (κ2) is 4.70. The van der Waals surface area contributed by atoms with E-state index in [1.807, 2.05) is 24.3 Å². The molecule has 1 aromatic carbocycles. The first-order chi connectivity index (χ1) is 8.13. The van der Waals surface area contributed by atoms with Crippen molar-refractivity contribution in [3.63, 3.8) is 0 Å². The number of rotatable bonds is 4. The number of carboxylic acid groups (broad SMARTS) is 1. The minimum atomic E-state index is -1.04. The Balaban J connectivity index is 2.21. The third kappa shape index (κ3) is 2.23. The minimum absolute atomic E-state index is 0.165. The number of nitrogens with two attached hydrogens (primary N) is 1. The van der Waals surface area contributed by atoms with E-state index in [0.29, 0.717) is 0 Å². The molecule has 2 rings (SSSR count). The second-order valence-corrected chi connectivity index (χ2v) is 4.13. The van der Waals surface area contributed by atoms with E-state index in [1.54, 1.807) is 0 Å². The number of fused-ring (bicyclic) bond motifs is 1. The monoisotopic (exact) mass is 237 g/mol. The average Bonchev–Trinajstić information content (AvgIpc) is 2.67. The van der Waals surface area contributed by atoms with E-state index < -0.39 is 18.2 Å². The predicted octanol–water partition coefficient (Wildman–Crippen LogP) is 0.303. The first-order valence-electron chi connectivity index (χ1n) is 5.37. The van der Waals surface area contributed by atoms with Gasteiger partial charge in [-0.1, -0.05) is 18.2 Å². The van der Waals surface area contributed by atoms with Crippen molar-refractivity contribution in [2.24, 2.45) is 5.73 Å². The maximum atomic E-state index is 10.8. The first-order valence-corrected chi connectivity index (χ1v) is 5.37. The number of carboxylic acids is 1. The van der Waals surface area contributed by atoms with Crippen molar-refractivity contribution in [2.75, 3.05) is 5.32 Å². The van der Waals surface area contributed by atoms with E-state index in [4.69, 9.17) is 16.0 Å². The summed E-state index contributed by atoms with van der Waals surface area (Å²) in [6.45, 7) is 0. The normalized spacial score (nSPS) is 23.9. The van der Waals surface area contributed by atoms with Gasteiger partial charge in [-0.2, -0.15) is 5.48 Å². The summed E-state index contributed by atoms with van der Waals surface area (Å²) in [5.74, 6) is -1.20. The molecule has 3 atom stereocenters. The van der Waals surface area contributed by atoms with E-state index >= 15 is 0 Å². The largest absolute Gasteiger partial charge is 0.480 e. The van der Waals surface area contributed by atoms with Crippen LogP contribution in [0.4, 0.5) is 5.69 Å². The van der Waals surface area contributed by atoms with E-state index in [9.17, 15) is 4.79 Å². The third-order valence-electron chi connectivity index (χ3n) is 3.04. The van der Waals surface area contributed by atoms with Crippen LogP contribution in [0.5, 0.6) is 0 Å². The Morgan fingerprint density at radius 1 is 1.53 bits per heavy atom. The molecule has 0 amide bonds. The number of hydroxylamine groups is 1. The molecular formula is C11H15N3O3. The number of nitrogens with one attached hydrogen (secondary N) is 2. The standard InChI is InChI=1S/C11H15N3O3/c12-8(11(15)16)5-7-6-3-1-2-4-9(6)13-10(7)14-17/h1-4,7-8,10,13-14,17H,5,12H2,(H,15,16). The van der Waals surface area contributed by atoms with Crippen molar-refractivity contribution < 1.29 is 15.1 Å². The number of carbonyl (C=O) groups is 1. The van der Waals surface area contributed by atoms with E-state index in [1.165, 1.54) is 0 Å². The summed E-state index contributed by atoms with van der Waals surface area (Å²) < 4.78 is 0. The van der Waals surface area contributed by atoms with Crippen LogP contribution in [0.15, 0.2) is 24.3 Å². The van der Waals surface area contributed by atoms with Crippen LogP contribution in [0, 0.1) is 0 Å². The molecule has 0 bridgehead atoms. The van der Waals surface area contributed by atoms with Crippen molar-refractivity contribution in [1.82, 2.24) is 5.48 Å². The summed E-state index contributed by atoms with van der Waals surface area (Å²) >= 11 is 0. The van der Waals surface area contributed by atoms with Crippen molar-refractivity contribution in [3.8, 4) is 0 Å². The topological polar surface area (TPSA) is 108 Å². The zero-order valence-corrected chi connectivity index (χ0v) is 9.13. The van der Waals surface area contributed by atoms with Gasteiger partial charge < -0.3 is 21.4 Å². The number of para-hydroxylation sites is 1. The molecule has 0 spiro atoms. The van der Waals surface area contributed by atoms with Gasteiger partial charge >= 0.3 is 5.97 Å². The molecule has 6 N–H and O–H groups in total. The molecule has 92 valence electrons. The van der Waals surface area contributed by atoms with Crippen molar-refractivity contribution in [1.29, 1.82) is 0 Å². The van der Waals surface area contributed by atoms with Crippen LogP contribution in [-0.4, -0.2) is 28.5 Å². The Hall–Kier alpha value is -1.63. The lowest BCUT2D eigenvalue weighted by molar-refractivity contribution is -0.138. The average molecular weight is 237 g/mol. The van der Waals surface area contributed by atoms with Crippen molar-refractivity contribution in [2.45, 2.75) is 24.5 Å². The van der Waals surface area contributed by atoms with E-state index in [2.05, 4.69) is 10.8 Å². The van der Waals surface area contributed by atoms with Gasteiger partial charge in [0.25, 0.3) is 0 Å². The lowest BCUT2D eigenvalue weighted by Gasteiger charge is -2.20. The molecule has 0 saturated heterocycles. The highest BCUT2D eigenvalue weighted by Gasteiger charge is 2.33. The molecule has 1 aliphatic heterocycles. The van der Waals surface area contributed by atoms with E-state index in [0.717, 1.165) is 11.3 Å². The molecule has 0 fully saturated rings. The van der Waals surface area contributed by atoms with Gasteiger partial charge in [-0.25, -0.2) is 0 Å². The smallest absolute Gasteiger partial charge is 0.320 e. The lowest BCUT2D eigenvalue weighted by Crippen LogP contribution is -2.39. The molecule has 1 aromatic rings. The fourth-order valence-corrected chi connectivity index (χ4v) is 2.16. The molecule has 1 aliphatic rings. The van der Waals surface area contributed by atoms with Gasteiger partial charge in [0.05, 0.1) is 0 Å². The molecule has 17 heavy (non-hydrogen) atoms. The summed E-state index contributed by atoms with van der Waals surface area (Å²) in [5, 5.41) is 20.9. The summed E-state index contributed by atoms with van der Waals surface area (Å²) in [5.41, 5.74) is 9.54. The van der Waals surface area contributed by atoms with Crippen LogP contribution in [-0.2, 0) is 4.79 Å². The summed E-state index contributed by atoms with van der Waals surface area (Å²) in [7, 11) is 0. The van der Waals surface area contributed by atoms with Crippen LogP contribution in [0.2, 0.25) is 0 Å². The molecule has 1 heterocycles. The number of benzene rings is 1. The lowest BCUT2D eigenvalue weighted by atomic mass is 9.92. The molecule has 0 aromatic heterocycles. The number of aliphatic carboxylic acids is 1. The Labute approximate surface area is 98.4 Å². The maximum absolute atomic E-state index is 10.8. The molecule has 0 aliphatic carbocycles. The SMILES string of the molecule is NC(CC1c2ccccc2NC1NO)C(=O)O. The summed E-state index contributed by atoms with van der Waals surface area (Å²) in [4.78, 5) is 10.8. The molecule has 0 saturated carbocycles. The van der Waals surface area contributed by atoms with Crippen molar-refractivity contribution in [3.05, 3.63) is 29.8 Å². The van der Waals surface area contributed by atoms with Gasteiger partial charge in [0.1, 0.15) is 12.2 Å². The van der Waals surface area contributed by atoms with Gasteiger partial charge in [0.15, 0.2) is 0 Å². The number of hydrogen-bond donors (Lipinski definition) is 5. The quantitative estimate of drug-likeness (QED) is 0.482. The maximum Gasteiger partial charge on any atom is 0.320 e. The van der Waals surface area contributed by atoms with Gasteiger partial charge in [-0.05, 0) is 18.1 Å². The van der Waals surface area contributed by atoms with Gasteiger partial charge in [-0.3, -0.25) is 4.79 Å². The van der Waals surface area contributed by atoms with Crippen LogP contribution >= 0.6 is 0 Å². The summed E-state index contributed by atoms with van der Waals surface area (Å²) in [6.07, 6.45) is -0.143. The van der Waals surface area contributed by atoms with Gasteiger partial charge in [0, 0.05) is 11.6 Å². The highest BCUT2D eigenvalue weighted by atomic mass is 16.5. The van der Waals surface area contributed by atoms with Gasteiger partial charge in [0.2, 0.25) is 0 Å². The molecular weight excluding hydrogens is 222 g/mol. The predicted molar refractivity (Wildman–Crippen MR) is 61.7 cm³/mol. The minimum Gasteiger partial charge on any atom is -0.480 e. The van der Waals surface area contributed by atoms with Crippen LogP contribution < -0.4 is 16.5 Å². The molecule has 6 heteroatoms. The molecule has 6 nitrogen and oxygen atoms in total. The zero-order chi connectivity index (χ0) is 12.4. The Kier molecular flexibility index (Phi) is 3.28. The highest BCUT2D eigenvalue weighted by molar-refractivity contribution is 5.73. The second-order valence-electron chi connectivity index (χ2n) is 4.13. The fourth-order valence-electron chi connectivity index (χ4n) is 2.16. The number of hydrogen-bond acceptors (Lipinski definition) is 5. The zero-order valence-electron chi connectivity index (χ0n) is 9.13. The molecule has 3 unspecified atom stereocenters. The molecule has 0 radical (unpaired) electrons. The Bertz CT molecular complexity index is 424. The van der Waals surface area contributed by atoms with Crippen LogP contribution in [0.25, 0.3) is 0 Å².